The molecule has 4 aliphatic carbocycles. The summed E-state index contributed by atoms with van der Waals surface area (Å²) < 4.78 is 5.52. The molecule has 1 amide bonds. The number of carbonyl (C=O) groups excluding carboxylic acids is 1. The van der Waals surface area contributed by atoms with Gasteiger partial charge in [-0.2, -0.15) is 0 Å². The lowest BCUT2D eigenvalue weighted by Gasteiger charge is -2.67. The Kier molecular flexibility index (Phi) is 7.97. The lowest BCUT2D eigenvalue weighted by atomic mass is 9.40. The summed E-state index contributed by atoms with van der Waals surface area (Å²) in [6, 6.07) is 0. The van der Waals surface area contributed by atoms with E-state index in [0.29, 0.717) is 23.4 Å². The zero-order valence-electron chi connectivity index (χ0n) is 23.0. The maximum Gasteiger partial charge on any atom is 0.409 e. The number of amides is 1. The molecule has 0 radical (unpaired) electrons. The molecule has 4 heteroatoms. The van der Waals surface area contributed by atoms with Crippen molar-refractivity contribution in [2.24, 2.45) is 46.2 Å². The van der Waals surface area contributed by atoms with Gasteiger partial charge in [-0.3, -0.25) is 0 Å². The molecule has 0 aromatic carbocycles. The third-order valence-electron chi connectivity index (χ3n) is 11.8. The predicted octanol–water partition coefficient (Wildman–Crippen LogP) is 7.40. The molecular formula is C30H54N2O2. The first kappa shape index (κ1) is 26.3. The summed E-state index contributed by atoms with van der Waals surface area (Å²) in [5.41, 5.74) is 8.58. The average molecular weight is 475 g/mol. The van der Waals surface area contributed by atoms with Crippen molar-refractivity contribution in [2.75, 3.05) is 19.7 Å². The standard InChI is InChI=1S/C30H54N2O2/c1-6-22-21-30(31)25-16-15-23(13-10-12-20-34-27(33)32(7-2)8-3)28(25,4)19-17-26(30)29(5)18-11-9-14-24(22)29/h22-26H,6-21,31H2,1-5H3/t22-,23?,24?,25?,26+,28?,29?,30?/m0/s1. The Bertz CT molecular complexity index is 708. The topological polar surface area (TPSA) is 55.6 Å². The summed E-state index contributed by atoms with van der Waals surface area (Å²) in [5, 5.41) is 0. The molecule has 4 saturated carbocycles. The van der Waals surface area contributed by atoms with Crippen molar-refractivity contribution in [1.29, 1.82) is 0 Å². The van der Waals surface area contributed by atoms with E-state index in [9.17, 15) is 4.79 Å². The van der Waals surface area contributed by atoms with Crippen LogP contribution < -0.4 is 5.73 Å². The van der Waals surface area contributed by atoms with Crippen LogP contribution in [0.2, 0.25) is 0 Å². The zero-order chi connectivity index (χ0) is 24.6. The number of ether oxygens (including phenoxy) is 1. The molecule has 0 saturated heterocycles. The van der Waals surface area contributed by atoms with E-state index in [1.165, 1.54) is 70.6 Å². The van der Waals surface area contributed by atoms with Crippen LogP contribution in [0.3, 0.4) is 0 Å². The summed E-state index contributed by atoms with van der Waals surface area (Å²) in [6.45, 7) is 13.7. The number of unbranched alkanes of at least 4 members (excludes halogenated alkanes) is 1. The minimum Gasteiger partial charge on any atom is -0.449 e. The second-order valence-corrected chi connectivity index (χ2v) is 13.0. The van der Waals surface area contributed by atoms with Gasteiger partial charge in [-0.25, -0.2) is 4.79 Å². The molecule has 2 N–H and O–H groups in total. The van der Waals surface area contributed by atoms with Crippen LogP contribution in [0.5, 0.6) is 0 Å². The van der Waals surface area contributed by atoms with E-state index >= 15 is 0 Å². The Morgan fingerprint density at radius 3 is 2.38 bits per heavy atom. The molecule has 0 bridgehead atoms. The van der Waals surface area contributed by atoms with Crippen LogP contribution >= 0.6 is 0 Å². The van der Waals surface area contributed by atoms with Gasteiger partial charge in [-0.05, 0) is 118 Å². The van der Waals surface area contributed by atoms with Crippen molar-refractivity contribution in [3.63, 3.8) is 0 Å². The Balaban J connectivity index is 1.38. The molecule has 34 heavy (non-hydrogen) atoms. The van der Waals surface area contributed by atoms with Crippen LogP contribution in [0, 0.1) is 40.4 Å². The Morgan fingerprint density at radius 2 is 1.68 bits per heavy atom. The monoisotopic (exact) mass is 474 g/mol. The molecule has 0 heterocycles. The van der Waals surface area contributed by atoms with Crippen LogP contribution in [-0.2, 0) is 4.74 Å². The van der Waals surface area contributed by atoms with Crippen LogP contribution in [0.15, 0.2) is 0 Å². The molecule has 6 unspecified atom stereocenters. The van der Waals surface area contributed by atoms with Crippen molar-refractivity contribution < 1.29 is 9.53 Å². The number of carbonyl (C=O) groups is 1. The van der Waals surface area contributed by atoms with Crippen molar-refractivity contribution in [1.82, 2.24) is 4.90 Å². The van der Waals surface area contributed by atoms with Gasteiger partial charge in [-0.1, -0.05) is 40.0 Å². The summed E-state index contributed by atoms with van der Waals surface area (Å²) in [5.74, 6) is 3.94. The van der Waals surface area contributed by atoms with Gasteiger partial charge in [0.2, 0.25) is 0 Å². The molecule has 0 aromatic heterocycles. The minimum absolute atomic E-state index is 0.0459. The van der Waals surface area contributed by atoms with Gasteiger partial charge >= 0.3 is 6.09 Å². The van der Waals surface area contributed by atoms with Gasteiger partial charge in [0.15, 0.2) is 0 Å². The quantitative estimate of drug-likeness (QED) is 0.373. The van der Waals surface area contributed by atoms with E-state index in [-0.39, 0.29) is 11.6 Å². The summed E-state index contributed by atoms with van der Waals surface area (Å²) in [6.07, 6.45) is 17.0. The highest BCUT2D eigenvalue weighted by molar-refractivity contribution is 5.67. The van der Waals surface area contributed by atoms with E-state index in [0.717, 1.165) is 49.6 Å². The summed E-state index contributed by atoms with van der Waals surface area (Å²) in [7, 11) is 0. The molecule has 196 valence electrons. The highest BCUT2D eigenvalue weighted by Crippen LogP contribution is 2.69. The van der Waals surface area contributed by atoms with Crippen molar-refractivity contribution in [3.05, 3.63) is 0 Å². The van der Waals surface area contributed by atoms with Gasteiger partial charge in [-0.15, -0.1) is 0 Å². The molecule has 0 spiro atoms. The predicted molar refractivity (Wildman–Crippen MR) is 141 cm³/mol. The lowest BCUT2D eigenvalue weighted by molar-refractivity contribution is -0.149. The molecule has 8 atom stereocenters. The normalized spacial score (nSPS) is 43.5. The Labute approximate surface area is 210 Å². The first-order chi connectivity index (χ1) is 16.2. The second-order valence-electron chi connectivity index (χ2n) is 13.0. The summed E-state index contributed by atoms with van der Waals surface area (Å²) in [4.78, 5) is 13.9. The fourth-order valence-electron chi connectivity index (χ4n) is 10.1. The summed E-state index contributed by atoms with van der Waals surface area (Å²) >= 11 is 0. The number of rotatable bonds is 8. The van der Waals surface area contributed by atoms with Crippen molar-refractivity contribution in [2.45, 2.75) is 124 Å². The van der Waals surface area contributed by atoms with Gasteiger partial charge in [0.25, 0.3) is 0 Å². The van der Waals surface area contributed by atoms with Gasteiger partial charge in [0.1, 0.15) is 0 Å². The first-order valence-electron chi connectivity index (χ1n) is 14.9. The number of hydrogen-bond donors (Lipinski definition) is 1. The molecule has 4 aliphatic rings. The lowest BCUT2D eigenvalue weighted by Crippen LogP contribution is -2.69. The van der Waals surface area contributed by atoms with Crippen LogP contribution in [0.1, 0.15) is 118 Å². The second kappa shape index (κ2) is 10.3. The van der Waals surface area contributed by atoms with E-state index in [1.807, 2.05) is 13.8 Å². The van der Waals surface area contributed by atoms with Gasteiger partial charge < -0.3 is 15.4 Å². The van der Waals surface area contributed by atoms with E-state index in [1.54, 1.807) is 4.90 Å². The average Bonchev–Trinajstić information content (AvgIpc) is 3.16. The number of nitrogens with zero attached hydrogens (tertiary/aromatic N) is 1. The molecule has 4 fully saturated rings. The third-order valence-corrected chi connectivity index (χ3v) is 11.8. The molecule has 4 rings (SSSR count). The van der Waals surface area contributed by atoms with Crippen molar-refractivity contribution in [3.8, 4) is 0 Å². The Hall–Kier alpha value is -0.770. The Morgan fingerprint density at radius 1 is 0.941 bits per heavy atom. The fourth-order valence-corrected chi connectivity index (χ4v) is 10.1. The number of hydrogen-bond acceptors (Lipinski definition) is 3. The third kappa shape index (κ3) is 4.33. The largest absolute Gasteiger partial charge is 0.449 e. The number of nitrogens with two attached hydrogens (primary N) is 1. The van der Waals surface area contributed by atoms with E-state index in [2.05, 4.69) is 20.8 Å². The SMILES string of the molecule is CC[C@H]1CC2(N)C3CCC(CCCCOC(=O)N(CC)CC)C3(C)CC[C@@H]2C2(C)CCCCC12. The van der Waals surface area contributed by atoms with Gasteiger partial charge in [0, 0.05) is 18.6 Å². The molecular weight excluding hydrogens is 420 g/mol. The highest BCUT2D eigenvalue weighted by atomic mass is 16.6. The zero-order valence-corrected chi connectivity index (χ0v) is 23.0. The maximum atomic E-state index is 12.1. The van der Waals surface area contributed by atoms with Crippen LogP contribution in [0.25, 0.3) is 0 Å². The van der Waals surface area contributed by atoms with Crippen LogP contribution in [-0.4, -0.2) is 36.2 Å². The molecule has 4 nitrogen and oxygen atoms in total. The van der Waals surface area contributed by atoms with E-state index in [4.69, 9.17) is 10.5 Å². The molecule has 0 aliphatic heterocycles. The maximum absolute atomic E-state index is 12.1. The highest BCUT2D eigenvalue weighted by Gasteiger charge is 2.66. The van der Waals surface area contributed by atoms with E-state index < -0.39 is 0 Å². The van der Waals surface area contributed by atoms with Crippen molar-refractivity contribution >= 4 is 6.09 Å². The first-order valence-corrected chi connectivity index (χ1v) is 14.9. The fraction of sp³-hybridized carbons (Fsp3) is 0.967. The van der Waals surface area contributed by atoms with Crippen LogP contribution in [0.4, 0.5) is 4.79 Å². The smallest absolute Gasteiger partial charge is 0.409 e. The van der Waals surface area contributed by atoms with Gasteiger partial charge in [0.05, 0.1) is 6.61 Å². The molecule has 0 aromatic rings. The number of fused-ring (bicyclic) bond motifs is 5. The minimum atomic E-state index is -0.154.